The molecule has 1 amide bonds. The Bertz CT molecular complexity index is 479. The van der Waals surface area contributed by atoms with Gasteiger partial charge in [0, 0.05) is 32.7 Å². The minimum absolute atomic E-state index is 0.258. The van der Waals surface area contributed by atoms with Gasteiger partial charge in [0.25, 0.3) is 0 Å². The van der Waals surface area contributed by atoms with Crippen molar-refractivity contribution < 1.29 is 18.0 Å². The summed E-state index contributed by atoms with van der Waals surface area (Å²) in [5.74, 6) is -0.341. The molecule has 0 saturated carbocycles. The molecule has 1 aromatic rings. The molecule has 1 fully saturated rings. The van der Waals surface area contributed by atoms with Crippen molar-refractivity contribution in [1.29, 1.82) is 0 Å². The third-order valence-corrected chi connectivity index (χ3v) is 3.53. The number of nitrogens with two attached hydrogens (primary N) is 1. The van der Waals surface area contributed by atoms with Gasteiger partial charge in [-0.05, 0) is 17.7 Å². The maximum Gasteiger partial charge on any atom is 0.416 e. The number of piperazine rings is 1. The van der Waals surface area contributed by atoms with Crippen LogP contribution in [0, 0.1) is 0 Å². The van der Waals surface area contributed by atoms with Crippen LogP contribution in [0.15, 0.2) is 24.3 Å². The van der Waals surface area contributed by atoms with Gasteiger partial charge in [0.2, 0.25) is 5.91 Å². The van der Waals surface area contributed by atoms with Gasteiger partial charge < -0.3 is 5.73 Å². The zero-order valence-electron chi connectivity index (χ0n) is 11.6. The van der Waals surface area contributed by atoms with Crippen LogP contribution in [0.25, 0.3) is 0 Å². The van der Waals surface area contributed by atoms with Crippen LogP contribution in [0.3, 0.4) is 0 Å². The number of benzene rings is 1. The second-order valence-corrected chi connectivity index (χ2v) is 5.21. The Morgan fingerprint density at radius 3 is 2.05 bits per heavy atom. The van der Waals surface area contributed by atoms with E-state index in [0.29, 0.717) is 6.54 Å². The number of carbonyl (C=O) groups is 1. The fourth-order valence-electron chi connectivity index (χ4n) is 2.38. The van der Waals surface area contributed by atoms with Crippen molar-refractivity contribution in [3.8, 4) is 0 Å². The SMILES string of the molecule is NC(=O)CN1CCN(Cc2ccc(C(F)(F)F)cc2)CC1. The number of alkyl halides is 3. The number of rotatable bonds is 4. The van der Waals surface area contributed by atoms with Gasteiger partial charge in [-0.1, -0.05) is 12.1 Å². The summed E-state index contributed by atoms with van der Waals surface area (Å²) >= 11 is 0. The molecule has 1 saturated heterocycles. The van der Waals surface area contributed by atoms with E-state index in [9.17, 15) is 18.0 Å². The van der Waals surface area contributed by atoms with Crippen molar-refractivity contribution in [2.24, 2.45) is 5.73 Å². The highest BCUT2D eigenvalue weighted by Crippen LogP contribution is 2.29. The van der Waals surface area contributed by atoms with E-state index < -0.39 is 11.7 Å². The third-order valence-electron chi connectivity index (χ3n) is 3.53. The first-order valence-corrected chi connectivity index (χ1v) is 6.74. The number of hydrogen-bond donors (Lipinski definition) is 1. The first kappa shape index (κ1) is 15.8. The van der Waals surface area contributed by atoms with Crippen LogP contribution in [-0.2, 0) is 17.5 Å². The first-order chi connectivity index (χ1) is 9.84. The number of amides is 1. The van der Waals surface area contributed by atoms with Crippen LogP contribution in [0.1, 0.15) is 11.1 Å². The average Bonchev–Trinajstić information content (AvgIpc) is 2.40. The molecule has 0 aliphatic carbocycles. The molecule has 0 aromatic heterocycles. The highest BCUT2D eigenvalue weighted by molar-refractivity contribution is 5.75. The molecule has 1 heterocycles. The molecule has 2 rings (SSSR count). The smallest absolute Gasteiger partial charge is 0.369 e. The van der Waals surface area contributed by atoms with Gasteiger partial charge in [0.1, 0.15) is 0 Å². The highest BCUT2D eigenvalue weighted by atomic mass is 19.4. The zero-order chi connectivity index (χ0) is 15.5. The normalized spacial score (nSPS) is 17.9. The molecule has 0 atom stereocenters. The number of halogens is 3. The minimum Gasteiger partial charge on any atom is -0.369 e. The van der Waals surface area contributed by atoms with Gasteiger partial charge in [0.15, 0.2) is 0 Å². The summed E-state index contributed by atoms with van der Waals surface area (Å²) in [6, 6.07) is 5.24. The topological polar surface area (TPSA) is 49.6 Å². The Kier molecular flexibility index (Phi) is 4.84. The molecular weight excluding hydrogens is 283 g/mol. The number of primary amides is 1. The summed E-state index contributed by atoms with van der Waals surface area (Å²) in [5.41, 5.74) is 5.37. The Hall–Kier alpha value is -1.60. The summed E-state index contributed by atoms with van der Waals surface area (Å²) in [5, 5.41) is 0. The molecule has 0 unspecified atom stereocenters. The van der Waals surface area contributed by atoms with E-state index in [4.69, 9.17) is 5.73 Å². The molecule has 7 heteroatoms. The Labute approximate surface area is 121 Å². The molecule has 116 valence electrons. The average molecular weight is 301 g/mol. The second kappa shape index (κ2) is 6.44. The summed E-state index contributed by atoms with van der Waals surface area (Å²) in [6.45, 7) is 3.90. The number of nitrogens with zero attached hydrogens (tertiary/aromatic N) is 2. The Morgan fingerprint density at radius 1 is 1.05 bits per heavy atom. The Morgan fingerprint density at radius 2 is 1.57 bits per heavy atom. The molecule has 1 aliphatic heterocycles. The Balaban J connectivity index is 1.85. The molecule has 2 N–H and O–H groups in total. The second-order valence-electron chi connectivity index (χ2n) is 5.21. The first-order valence-electron chi connectivity index (χ1n) is 6.74. The summed E-state index contributed by atoms with van der Waals surface area (Å²) in [6.07, 6.45) is -4.29. The summed E-state index contributed by atoms with van der Waals surface area (Å²) < 4.78 is 37.4. The molecule has 0 radical (unpaired) electrons. The molecule has 1 aliphatic rings. The predicted molar refractivity (Wildman–Crippen MR) is 72.4 cm³/mol. The maximum absolute atomic E-state index is 12.5. The number of hydrogen-bond acceptors (Lipinski definition) is 3. The highest BCUT2D eigenvalue weighted by Gasteiger charge is 2.30. The molecule has 1 aromatic carbocycles. The van der Waals surface area contributed by atoms with E-state index >= 15 is 0 Å². The van der Waals surface area contributed by atoms with Gasteiger partial charge in [-0.2, -0.15) is 13.2 Å². The standard InChI is InChI=1S/C14H18F3N3O/c15-14(16,17)12-3-1-11(2-4-12)9-19-5-7-20(8-6-19)10-13(18)21/h1-4H,5-10H2,(H2,18,21). The minimum atomic E-state index is -4.29. The quantitative estimate of drug-likeness (QED) is 0.912. The van der Waals surface area contributed by atoms with Crippen molar-refractivity contribution in [3.05, 3.63) is 35.4 Å². The lowest BCUT2D eigenvalue weighted by molar-refractivity contribution is -0.137. The van der Waals surface area contributed by atoms with Crippen LogP contribution in [0.2, 0.25) is 0 Å². The van der Waals surface area contributed by atoms with Gasteiger partial charge in [-0.15, -0.1) is 0 Å². The van der Waals surface area contributed by atoms with Gasteiger partial charge in [0.05, 0.1) is 12.1 Å². The van der Waals surface area contributed by atoms with Crippen LogP contribution in [0.5, 0.6) is 0 Å². The predicted octanol–water partition coefficient (Wildman–Crippen LogP) is 1.31. The zero-order valence-corrected chi connectivity index (χ0v) is 11.6. The van der Waals surface area contributed by atoms with Gasteiger partial charge >= 0.3 is 6.18 Å². The lowest BCUT2D eigenvalue weighted by Crippen LogP contribution is -2.48. The van der Waals surface area contributed by atoms with Crippen molar-refractivity contribution in [3.63, 3.8) is 0 Å². The molecule has 21 heavy (non-hydrogen) atoms. The van der Waals surface area contributed by atoms with Crippen molar-refractivity contribution in [2.75, 3.05) is 32.7 Å². The molecule has 0 bridgehead atoms. The molecular formula is C14H18F3N3O. The lowest BCUT2D eigenvalue weighted by Gasteiger charge is -2.34. The number of carbonyl (C=O) groups excluding carboxylic acids is 1. The maximum atomic E-state index is 12.5. The van der Waals surface area contributed by atoms with E-state index in [0.717, 1.165) is 43.9 Å². The van der Waals surface area contributed by atoms with Crippen LogP contribution >= 0.6 is 0 Å². The van der Waals surface area contributed by atoms with Gasteiger partial charge in [-0.3, -0.25) is 14.6 Å². The van der Waals surface area contributed by atoms with Gasteiger partial charge in [-0.25, -0.2) is 0 Å². The van der Waals surface area contributed by atoms with E-state index in [1.54, 1.807) is 0 Å². The summed E-state index contributed by atoms with van der Waals surface area (Å²) in [7, 11) is 0. The molecule has 4 nitrogen and oxygen atoms in total. The lowest BCUT2D eigenvalue weighted by atomic mass is 10.1. The largest absolute Gasteiger partial charge is 0.416 e. The van der Waals surface area contributed by atoms with Crippen molar-refractivity contribution in [2.45, 2.75) is 12.7 Å². The summed E-state index contributed by atoms with van der Waals surface area (Å²) in [4.78, 5) is 15.0. The van der Waals surface area contributed by atoms with E-state index in [2.05, 4.69) is 4.90 Å². The van der Waals surface area contributed by atoms with E-state index in [1.807, 2.05) is 4.90 Å². The van der Waals surface area contributed by atoms with Crippen molar-refractivity contribution >= 4 is 5.91 Å². The fraction of sp³-hybridized carbons (Fsp3) is 0.500. The van der Waals surface area contributed by atoms with Crippen LogP contribution < -0.4 is 5.73 Å². The molecule has 0 spiro atoms. The van der Waals surface area contributed by atoms with E-state index in [-0.39, 0.29) is 12.5 Å². The fourth-order valence-corrected chi connectivity index (χ4v) is 2.38. The monoisotopic (exact) mass is 301 g/mol. The van der Waals surface area contributed by atoms with Crippen molar-refractivity contribution in [1.82, 2.24) is 9.80 Å². The van der Waals surface area contributed by atoms with Crippen LogP contribution in [-0.4, -0.2) is 48.4 Å². The third kappa shape index (κ3) is 4.71. The van der Waals surface area contributed by atoms with E-state index in [1.165, 1.54) is 12.1 Å². The van der Waals surface area contributed by atoms with Crippen LogP contribution in [0.4, 0.5) is 13.2 Å².